The summed E-state index contributed by atoms with van der Waals surface area (Å²) in [7, 11) is 1.83. The van der Waals surface area contributed by atoms with Gasteiger partial charge in [0.05, 0.1) is 13.2 Å². The fourth-order valence-electron chi connectivity index (χ4n) is 3.79. The van der Waals surface area contributed by atoms with Crippen LogP contribution in [0.5, 0.6) is 0 Å². The quantitative estimate of drug-likeness (QED) is 0.469. The molecular formula is C19H37N7O. The van der Waals surface area contributed by atoms with Crippen molar-refractivity contribution in [1.82, 2.24) is 30.3 Å². The van der Waals surface area contributed by atoms with Gasteiger partial charge < -0.3 is 19.9 Å². The maximum atomic E-state index is 5.54. The van der Waals surface area contributed by atoms with E-state index >= 15 is 0 Å². The number of rotatable bonds is 10. The Hall–Kier alpha value is -1.67. The average Bonchev–Trinajstić information content (AvgIpc) is 3.17. The maximum absolute atomic E-state index is 5.54. The second-order valence-corrected chi connectivity index (χ2v) is 6.97. The summed E-state index contributed by atoms with van der Waals surface area (Å²) in [5, 5.41) is 15.1. The molecule has 2 rings (SSSR count). The Morgan fingerprint density at radius 3 is 2.59 bits per heavy atom. The van der Waals surface area contributed by atoms with Gasteiger partial charge in [-0.2, -0.15) is 0 Å². The number of aromatic nitrogens is 3. The molecule has 1 aliphatic heterocycles. The molecule has 1 aliphatic rings. The number of guanidine groups is 1. The first-order valence-corrected chi connectivity index (χ1v) is 10.4. The van der Waals surface area contributed by atoms with Crippen molar-refractivity contribution >= 4 is 5.96 Å². The molecule has 1 fully saturated rings. The number of nitrogens with zero attached hydrogens (tertiary/aromatic N) is 5. The monoisotopic (exact) mass is 379 g/mol. The Balaban J connectivity index is 1.85. The third kappa shape index (κ3) is 6.46. The van der Waals surface area contributed by atoms with E-state index in [4.69, 9.17) is 4.74 Å². The number of aryl methyl sites for hydroxylation is 1. The van der Waals surface area contributed by atoms with Crippen molar-refractivity contribution in [3.05, 3.63) is 12.2 Å². The van der Waals surface area contributed by atoms with Crippen molar-refractivity contribution in [2.45, 2.75) is 52.6 Å². The highest BCUT2D eigenvalue weighted by Crippen LogP contribution is 2.19. The maximum Gasteiger partial charge on any atom is 0.191 e. The van der Waals surface area contributed by atoms with E-state index in [1.54, 1.807) is 6.33 Å². The molecule has 1 aromatic rings. The summed E-state index contributed by atoms with van der Waals surface area (Å²) >= 11 is 0. The highest BCUT2D eigenvalue weighted by Gasteiger charge is 2.26. The SMILES string of the molecule is CCc1nncn1CCNC(=NC)NCC(C(CC)CC)N1CCOCC1. The molecule has 1 aromatic heterocycles. The van der Waals surface area contributed by atoms with E-state index in [-0.39, 0.29) is 0 Å². The summed E-state index contributed by atoms with van der Waals surface area (Å²) in [6.07, 6.45) is 5.07. The second-order valence-electron chi connectivity index (χ2n) is 6.97. The van der Waals surface area contributed by atoms with Crippen molar-refractivity contribution in [1.29, 1.82) is 0 Å². The molecule has 2 heterocycles. The van der Waals surface area contributed by atoms with Gasteiger partial charge in [0.25, 0.3) is 0 Å². The zero-order valence-corrected chi connectivity index (χ0v) is 17.4. The number of morpholine rings is 1. The molecule has 0 aliphatic carbocycles. The van der Waals surface area contributed by atoms with Crippen LogP contribution in [0.25, 0.3) is 0 Å². The van der Waals surface area contributed by atoms with E-state index in [1.807, 2.05) is 7.05 Å². The zero-order chi connectivity index (χ0) is 19.5. The summed E-state index contributed by atoms with van der Waals surface area (Å²) < 4.78 is 7.62. The second kappa shape index (κ2) is 11.9. The molecule has 8 nitrogen and oxygen atoms in total. The molecule has 27 heavy (non-hydrogen) atoms. The van der Waals surface area contributed by atoms with Gasteiger partial charge in [-0.1, -0.05) is 33.6 Å². The molecular weight excluding hydrogens is 342 g/mol. The van der Waals surface area contributed by atoms with Crippen LogP contribution < -0.4 is 10.6 Å². The van der Waals surface area contributed by atoms with Crippen LogP contribution >= 0.6 is 0 Å². The minimum Gasteiger partial charge on any atom is -0.379 e. The molecule has 0 saturated carbocycles. The highest BCUT2D eigenvalue weighted by molar-refractivity contribution is 5.79. The van der Waals surface area contributed by atoms with Gasteiger partial charge in [-0.15, -0.1) is 10.2 Å². The average molecular weight is 380 g/mol. The van der Waals surface area contributed by atoms with Gasteiger partial charge in [0.1, 0.15) is 12.2 Å². The van der Waals surface area contributed by atoms with Crippen molar-refractivity contribution in [2.75, 3.05) is 46.4 Å². The molecule has 0 radical (unpaired) electrons. The molecule has 0 bridgehead atoms. The Labute approximate surface area is 163 Å². The molecule has 0 spiro atoms. The highest BCUT2D eigenvalue weighted by atomic mass is 16.5. The number of hydrogen-bond acceptors (Lipinski definition) is 5. The van der Waals surface area contributed by atoms with Crippen LogP contribution in [0.15, 0.2) is 11.3 Å². The Morgan fingerprint density at radius 2 is 1.96 bits per heavy atom. The smallest absolute Gasteiger partial charge is 0.191 e. The number of aliphatic imine (C=N–C) groups is 1. The lowest BCUT2D eigenvalue weighted by Crippen LogP contribution is -2.53. The Kier molecular flexibility index (Phi) is 9.55. The number of hydrogen-bond donors (Lipinski definition) is 2. The first-order chi connectivity index (χ1) is 13.2. The summed E-state index contributed by atoms with van der Waals surface area (Å²) in [5.74, 6) is 2.55. The van der Waals surface area contributed by atoms with Crippen LogP contribution in [-0.2, 0) is 17.7 Å². The fourth-order valence-corrected chi connectivity index (χ4v) is 3.79. The fraction of sp³-hybridized carbons (Fsp3) is 0.842. The third-order valence-electron chi connectivity index (χ3n) is 5.47. The number of ether oxygens (including phenoxy) is 1. The predicted molar refractivity (Wildman–Crippen MR) is 109 cm³/mol. The van der Waals surface area contributed by atoms with E-state index in [2.05, 4.69) is 56.1 Å². The standard InChI is InChI=1S/C19H37N7O/c1-5-16(6-2)17(25-10-12-27-13-11-25)14-22-19(20-4)21-8-9-26-15-23-24-18(26)7-3/h15-17H,5-14H2,1-4H3,(H2,20,21,22). The van der Waals surface area contributed by atoms with Crippen molar-refractivity contribution in [2.24, 2.45) is 10.9 Å². The first kappa shape index (κ1) is 21.6. The normalized spacial score (nSPS) is 17.3. The van der Waals surface area contributed by atoms with E-state index in [0.717, 1.165) is 64.1 Å². The number of nitrogens with one attached hydrogen (secondary N) is 2. The molecule has 154 valence electrons. The molecule has 0 amide bonds. The predicted octanol–water partition coefficient (Wildman–Crippen LogP) is 1.14. The Bertz CT molecular complexity index is 550. The minimum absolute atomic E-state index is 0.506. The van der Waals surface area contributed by atoms with E-state index in [1.165, 1.54) is 12.8 Å². The van der Waals surface area contributed by atoms with Crippen LogP contribution in [0.4, 0.5) is 0 Å². The molecule has 8 heteroatoms. The minimum atomic E-state index is 0.506. The van der Waals surface area contributed by atoms with Crippen LogP contribution in [0.1, 0.15) is 39.4 Å². The summed E-state index contributed by atoms with van der Waals surface area (Å²) in [4.78, 5) is 6.96. The van der Waals surface area contributed by atoms with E-state index in [0.29, 0.717) is 12.0 Å². The molecule has 1 atom stereocenters. The van der Waals surface area contributed by atoms with Gasteiger partial charge in [0.15, 0.2) is 5.96 Å². The van der Waals surface area contributed by atoms with Gasteiger partial charge >= 0.3 is 0 Å². The van der Waals surface area contributed by atoms with Crippen LogP contribution in [0.3, 0.4) is 0 Å². The molecule has 0 aromatic carbocycles. The van der Waals surface area contributed by atoms with Crippen LogP contribution in [-0.4, -0.2) is 78.1 Å². The molecule has 1 saturated heterocycles. The van der Waals surface area contributed by atoms with Gasteiger partial charge in [-0.05, 0) is 5.92 Å². The topological polar surface area (TPSA) is 79.6 Å². The Morgan fingerprint density at radius 1 is 1.22 bits per heavy atom. The van der Waals surface area contributed by atoms with Crippen LogP contribution in [0, 0.1) is 5.92 Å². The summed E-state index contributed by atoms with van der Waals surface area (Å²) in [5.41, 5.74) is 0. The summed E-state index contributed by atoms with van der Waals surface area (Å²) in [6.45, 7) is 12.9. The van der Waals surface area contributed by atoms with Crippen molar-refractivity contribution in [3.63, 3.8) is 0 Å². The van der Waals surface area contributed by atoms with Gasteiger partial charge in [-0.3, -0.25) is 9.89 Å². The third-order valence-corrected chi connectivity index (χ3v) is 5.47. The van der Waals surface area contributed by atoms with E-state index in [9.17, 15) is 0 Å². The van der Waals surface area contributed by atoms with Crippen molar-refractivity contribution in [3.8, 4) is 0 Å². The lowest BCUT2D eigenvalue weighted by molar-refractivity contribution is 0.00272. The molecule has 1 unspecified atom stereocenters. The molecule has 2 N–H and O–H groups in total. The van der Waals surface area contributed by atoms with Crippen molar-refractivity contribution < 1.29 is 4.74 Å². The lowest BCUT2D eigenvalue weighted by atomic mass is 9.92. The van der Waals surface area contributed by atoms with Crippen LogP contribution in [0.2, 0.25) is 0 Å². The largest absolute Gasteiger partial charge is 0.379 e. The summed E-state index contributed by atoms with van der Waals surface area (Å²) in [6, 6.07) is 0.506. The van der Waals surface area contributed by atoms with Gasteiger partial charge in [0.2, 0.25) is 0 Å². The zero-order valence-electron chi connectivity index (χ0n) is 17.4. The first-order valence-electron chi connectivity index (χ1n) is 10.4. The van der Waals surface area contributed by atoms with E-state index < -0.39 is 0 Å². The van der Waals surface area contributed by atoms with Gasteiger partial charge in [-0.25, -0.2) is 0 Å². The lowest BCUT2D eigenvalue weighted by Gasteiger charge is -2.39. The van der Waals surface area contributed by atoms with Gasteiger partial charge in [0, 0.05) is 52.2 Å².